The van der Waals surface area contributed by atoms with Crippen molar-refractivity contribution in [2.75, 3.05) is 72.2 Å². The number of aromatic hydroxyl groups is 1. The molecule has 0 unspecified atom stereocenters. The lowest BCUT2D eigenvalue weighted by atomic mass is 9.57. The van der Waals surface area contributed by atoms with E-state index in [2.05, 4.69) is 9.80 Å². The number of rotatable bonds is 5. The van der Waals surface area contributed by atoms with Crippen molar-refractivity contribution in [2.24, 2.45) is 29.6 Å². The first-order chi connectivity index (χ1) is 25.3. The van der Waals surface area contributed by atoms with Crippen LogP contribution in [0.5, 0.6) is 5.75 Å². The zero-order valence-corrected chi connectivity index (χ0v) is 29.3. The van der Waals surface area contributed by atoms with Gasteiger partial charge in [-0.15, -0.1) is 0 Å². The molecule has 52 heavy (non-hydrogen) atoms. The number of nitrogens with zero attached hydrogens (tertiary/aromatic N) is 4. The molecule has 0 aromatic heterocycles. The van der Waals surface area contributed by atoms with Gasteiger partial charge in [0, 0.05) is 48.5 Å². The molecule has 3 aromatic rings. The van der Waals surface area contributed by atoms with Crippen molar-refractivity contribution in [3.63, 3.8) is 0 Å². The minimum absolute atomic E-state index is 0.0157. The summed E-state index contributed by atoms with van der Waals surface area (Å²) in [6.07, 6.45) is 2.60. The van der Waals surface area contributed by atoms with E-state index in [-0.39, 0.29) is 40.8 Å². The molecule has 0 bridgehead atoms. The highest BCUT2D eigenvalue weighted by molar-refractivity contribution is 6.32. The van der Waals surface area contributed by atoms with E-state index in [0.717, 1.165) is 43.1 Å². The van der Waals surface area contributed by atoms with Gasteiger partial charge in [-0.2, -0.15) is 0 Å². The van der Waals surface area contributed by atoms with Crippen molar-refractivity contribution < 1.29 is 33.8 Å². The standard InChI is InChI=1S/C40H39ClN4O7/c41-33-21-27(46)9-10-29(33)34-28-11-12-30-35(39(49)44(37(30)47)25-5-1-23(2-6-25)42-13-17-51-18-14-42)31(28)22-32-36(34)40(50)45(38(32)48)26-7-3-24(4-8-26)43-15-19-52-20-16-43/h1-11,21,30-32,34-36,46H,12-20,22H2/t30-,31+,32+,34+,35-,36+/m0/s1. The van der Waals surface area contributed by atoms with E-state index in [1.807, 2.05) is 54.6 Å². The van der Waals surface area contributed by atoms with Crippen LogP contribution in [0.15, 0.2) is 78.4 Å². The molecule has 1 saturated carbocycles. The largest absolute Gasteiger partial charge is 0.508 e. The third kappa shape index (κ3) is 5.31. The van der Waals surface area contributed by atoms with Gasteiger partial charge < -0.3 is 24.4 Å². The van der Waals surface area contributed by atoms with Gasteiger partial charge in [-0.05, 0) is 85.0 Å². The number of phenols is 1. The summed E-state index contributed by atoms with van der Waals surface area (Å²) in [4.78, 5) is 64.5. The first-order valence-corrected chi connectivity index (χ1v) is 18.5. The van der Waals surface area contributed by atoms with Gasteiger partial charge >= 0.3 is 0 Å². The number of carbonyl (C=O) groups excluding carboxylic acids is 4. The van der Waals surface area contributed by atoms with Crippen LogP contribution in [0.4, 0.5) is 22.7 Å². The Hall–Kier alpha value is -4.71. The Balaban J connectivity index is 1.05. The summed E-state index contributed by atoms with van der Waals surface area (Å²) >= 11 is 6.80. The molecule has 1 N–H and O–H groups in total. The molecule has 9 rings (SSSR count). The Morgan fingerprint density at radius 3 is 1.63 bits per heavy atom. The number of carbonyl (C=O) groups is 4. The average molecular weight is 723 g/mol. The van der Waals surface area contributed by atoms with E-state index >= 15 is 0 Å². The Morgan fingerprint density at radius 1 is 0.596 bits per heavy atom. The molecule has 268 valence electrons. The van der Waals surface area contributed by atoms with Gasteiger partial charge in [-0.1, -0.05) is 29.3 Å². The number of allylic oxidation sites excluding steroid dienone is 2. The second-order valence-corrected chi connectivity index (χ2v) is 14.9. The lowest BCUT2D eigenvalue weighted by Gasteiger charge is -2.44. The quantitative estimate of drug-likeness (QED) is 0.294. The lowest BCUT2D eigenvalue weighted by molar-refractivity contribution is -0.126. The van der Waals surface area contributed by atoms with Crippen LogP contribution in [0.3, 0.4) is 0 Å². The number of benzene rings is 3. The number of halogens is 1. The predicted octanol–water partition coefficient (Wildman–Crippen LogP) is 4.76. The van der Waals surface area contributed by atoms with Crippen molar-refractivity contribution in [3.8, 4) is 5.75 Å². The van der Waals surface area contributed by atoms with E-state index in [9.17, 15) is 24.3 Å². The van der Waals surface area contributed by atoms with Gasteiger partial charge in [-0.25, -0.2) is 0 Å². The van der Waals surface area contributed by atoms with E-state index in [0.29, 0.717) is 49.8 Å². The van der Waals surface area contributed by atoms with Crippen LogP contribution in [0, 0.1) is 29.6 Å². The summed E-state index contributed by atoms with van der Waals surface area (Å²) in [5, 5.41) is 10.5. The summed E-state index contributed by atoms with van der Waals surface area (Å²) in [7, 11) is 0. The highest BCUT2D eigenvalue weighted by atomic mass is 35.5. The van der Waals surface area contributed by atoms with Gasteiger partial charge in [0.15, 0.2) is 0 Å². The maximum Gasteiger partial charge on any atom is 0.238 e. The molecule has 4 heterocycles. The monoisotopic (exact) mass is 722 g/mol. The summed E-state index contributed by atoms with van der Waals surface area (Å²) < 4.78 is 11.0. The summed E-state index contributed by atoms with van der Waals surface area (Å²) in [5.41, 5.74) is 4.47. The zero-order chi connectivity index (χ0) is 35.7. The molecular weight excluding hydrogens is 684 g/mol. The van der Waals surface area contributed by atoms with Gasteiger partial charge in [0.2, 0.25) is 23.6 Å². The molecular formula is C40H39ClN4O7. The van der Waals surface area contributed by atoms with Crippen LogP contribution in [-0.4, -0.2) is 81.3 Å². The van der Waals surface area contributed by atoms with Crippen LogP contribution in [0.25, 0.3) is 0 Å². The molecule has 6 aliphatic rings. The molecule has 3 aromatic carbocycles. The number of hydrogen-bond acceptors (Lipinski definition) is 9. The van der Waals surface area contributed by atoms with Gasteiger partial charge in [0.1, 0.15) is 5.75 Å². The van der Waals surface area contributed by atoms with Crippen LogP contribution >= 0.6 is 11.6 Å². The van der Waals surface area contributed by atoms with Gasteiger partial charge in [0.25, 0.3) is 0 Å². The van der Waals surface area contributed by atoms with E-state index in [1.54, 1.807) is 6.07 Å². The number of anilines is 4. The van der Waals surface area contributed by atoms with Crippen molar-refractivity contribution in [2.45, 2.75) is 18.8 Å². The number of amides is 4. The summed E-state index contributed by atoms with van der Waals surface area (Å²) in [5.74, 6) is -5.01. The van der Waals surface area contributed by atoms with Crippen LogP contribution in [-0.2, 0) is 28.7 Å². The Kier molecular flexibility index (Phi) is 8.32. The first kappa shape index (κ1) is 33.1. The molecule has 4 amide bonds. The maximum atomic E-state index is 14.5. The third-order valence-corrected chi connectivity index (χ3v) is 12.3. The highest BCUT2D eigenvalue weighted by Gasteiger charge is 2.62. The van der Waals surface area contributed by atoms with Crippen molar-refractivity contribution in [1.29, 1.82) is 0 Å². The van der Waals surface area contributed by atoms with E-state index < -0.39 is 35.5 Å². The molecule has 0 spiro atoms. The second kappa shape index (κ2) is 13.1. The molecule has 0 radical (unpaired) electrons. The minimum Gasteiger partial charge on any atom is -0.508 e. The Labute approximate surface area is 306 Å². The Morgan fingerprint density at radius 2 is 1.10 bits per heavy atom. The molecule has 6 atom stereocenters. The normalized spacial score (nSPS) is 28.9. The molecule has 4 saturated heterocycles. The Bertz CT molecular complexity index is 1970. The number of imide groups is 2. The maximum absolute atomic E-state index is 14.5. The van der Waals surface area contributed by atoms with E-state index in [4.69, 9.17) is 21.1 Å². The summed E-state index contributed by atoms with van der Waals surface area (Å²) in [6.45, 7) is 5.64. The van der Waals surface area contributed by atoms with Crippen LogP contribution in [0.1, 0.15) is 24.3 Å². The molecule has 4 aliphatic heterocycles. The fourth-order valence-corrected chi connectivity index (χ4v) is 9.77. The van der Waals surface area contributed by atoms with Crippen molar-refractivity contribution in [3.05, 3.63) is 89.0 Å². The third-order valence-electron chi connectivity index (χ3n) is 11.9. The zero-order valence-electron chi connectivity index (χ0n) is 28.5. The number of ether oxygens (including phenoxy) is 2. The van der Waals surface area contributed by atoms with E-state index in [1.165, 1.54) is 21.9 Å². The molecule has 2 aliphatic carbocycles. The fourth-order valence-electron chi connectivity index (χ4n) is 9.48. The van der Waals surface area contributed by atoms with Gasteiger partial charge in [0.05, 0.1) is 61.5 Å². The molecule has 5 fully saturated rings. The van der Waals surface area contributed by atoms with Crippen molar-refractivity contribution >= 4 is 58.0 Å². The smallest absolute Gasteiger partial charge is 0.238 e. The van der Waals surface area contributed by atoms with Gasteiger partial charge in [-0.3, -0.25) is 29.0 Å². The molecule has 11 nitrogen and oxygen atoms in total. The number of phenolic OH excluding ortho intramolecular Hbond substituents is 1. The predicted molar refractivity (Wildman–Crippen MR) is 195 cm³/mol. The number of fused-ring (bicyclic) bond motifs is 4. The van der Waals surface area contributed by atoms with Crippen molar-refractivity contribution in [1.82, 2.24) is 0 Å². The molecule has 12 heteroatoms. The highest BCUT2D eigenvalue weighted by Crippen LogP contribution is 2.59. The first-order valence-electron chi connectivity index (χ1n) is 18.1. The SMILES string of the molecule is O=C1[C@H]2[C@H](CC=C3[C@H]2C[C@H]2C(=O)N(c4ccc(N5CCOCC5)cc4)C(=O)[C@H]2[C@H]3c2ccc(O)cc2Cl)C(=O)N1c1ccc(N2CCOCC2)cc1. The number of hydrogen-bond donors (Lipinski definition) is 1. The second-order valence-electron chi connectivity index (χ2n) is 14.5. The lowest BCUT2D eigenvalue weighted by Crippen LogP contribution is -2.43. The summed E-state index contributed by atoms with van der Waals surface area (Å²) in [6, 6.07) is 19.7. The minimum atomic E-state index is -0.761. The van der Waals surface area contributed by atoms with Crippen LogP contribution in [0.2, 0.25) is 5.02 Å². The topological polar surface area (TPSA) is 120 Å². The fraction of sp³-hybridized carbons (Fsp3) is 0.400. The average Bonchev–Trinajstić information content (AvgIpc) is 3.58. The van der Waals surface area contributed by atoms with Crippen LogP contribution < -0.4 is 19.6 Å². The number of morpholine rings is 2.